The molecule has 0 radical (unpaired) electrons. The number of hydroxylamine groups is 3. The summed E-state index contributed by atoms with van der Waals surface area (Å²) in [6, 6.07) is 0.158. The van der Waals surface area contributed by atoms with E-state index in [0.717, 1.165) is 64.5 Å². The van der Waals surface area contributed by atoms with Crippen LogP contribution >= 0.6 is 0 Å². The molecule has 4 fully saturated rings. The lowest BCUT2D eigenvalue weighted by atomic mass is 10.1. The Morgan fingerprint density at radius 1 is 0.833 bits per heavy atom. The van der Waals surface area contributed by atoms with E-state index in [2.05, 4.69) is 15.5 Å². The molecule has 0 aromatic rings. The quantitative estimate of drug-likeness (QED) is 0.467. The standard InChI is InChI=1S/C23H40N4O3/c28-22(24-18-8-1-2-9-18)20-12-5-14-26(20)15-7-17-27(30)16-6-13-21(27)23(29)25-19-10-3-4-11-19/h18-21H,1-17H2,(H,24,28)(H,25,29)/t20-,21-,27?/m0/s1. The molecular weight excluding hydrogens is 380 g/mol. The maximum absolute atomic E-state index is 13.4. The van der Waals surface area contributed by atoms with E-state index in [1.807, 2.05) is 0 Å². The van der Waals surface area contributed by atoms with Crippen molar-refractivity contribution in [1.82, 2.24) is 15.5 Å². The fourth-order valence-corrected chi connectivity index (χ4v) is 6.22. The minimum atomic E-state index is -0.439. The predicted molar refractivity (Wildman–Crippen MR) is 116 cm³/mol. The zero-order chi connectivity index (χ0) is 21.0. The largest absolute Gasteiger partial charge is 0.632 e. The van der Waals surface area contributed by atoms with E-state index in [0.29, 0.717) is 25.6 Å². The first-order valence-corrected chi connectivity index (χ1v) is 12.5. The van der Waals surface area contributed by atoms with E-state index in [4.69, 9.17) is 0 Å². The van der Waals surface area contributed by atoms with E-state index in [-0.39, 0.29) is 28.5 Å². The van der Waals surface area contributed by atoms with Crippen molar-refractivity contribution in [2.75, 3.05) is 26.2 Å². The zero-order valence-electron chi connectivity index (χ0n) is 18.4. The van der Waals surface area contributed by atoms with Crippen LogP contribution in [-0.4, -0.2) is 71.7 Å². The molecule has 2 N–H and O–H groups in total. The van der Waals surface area contributed by atoms with Gasteiger partial charge < -0.3 is 20.5 Å². The van der Waals surface area contributed by atoms with Crippen molar-refractivity contribution in [3.05, 3.63) is 5.21 Å². The summed E-state index contributed by atoms with van der Waals surface area (Å²) in [7, 11) is 0. The molecule has 170 valence electrons. The number of hydrogen-bond donors (Lipinski definition) is 2. The maximum Gasteiger partial charge on any atom is 0.278 e. The Morgan fingerprint density at radius 3 is 2.13 bits per heavy atom. The molecule has 2 amide bonds. The number of carbonyl (C=O) groups is 2. The second-order valence-electron chi connectivity index (χ2n) is 10.1. The summed E-state index contributed by atoms with van der Waals surface area (Å²) in [5.74, 6) is 0.157. The summed E-state index contributed by atoms with van der Waals surface area (Å²) in [5.41, 5.74) is 0. The van der Waals surface area contributed by atoms with Crippen LogP contribution in [-0.2, 0) is 9.59 Å². The highest BCUT2D eigenvalue weighted by atomic mass is 16.5. The van der Waals surface area contributed by atoms with Crippen molar-refractivity contribution in [2.45, 2.75) is 108 Å². The third kappa shape index (κ3) is 5.17. The van der Waals surface area contributed by atoms with Gasteiger partial charge in [-0.1, -0.05) is 25.7 Å². The van der Waals surface area contributed by atoms with Crippen LogP contribution in [0.5, 0.6) is 0 Å². The van der Waals surface area contributed by atoms with Gasteiger partial charge in [-0.05, 0) is 45.1 Å². The van der Waals surface area contributed by atoms with Gasteiger partial charge in [0.05, 0.1) is 19.1 Å². The van der Waals surface area contributed by atoms with Gasteiger partial charge in [0.1, 0.15) is 0 Å². The summed E-state index contributed by atoms with van der Waals surface area (Å²) in [6.45, 7) is 2.75. The lowest BCUT2D eigenvalue weighted by molar-refractivity contribution is -0.883. The van der Waals surface area contributed by atoms with Crippen molar-refractivity contribution in [3.63, 3.8) is 0 Å². The third-order valence-corrected chi connectivity index (χ3v) is 7.94. The van der Waals surface area contributed by atoms with Crippen LogP contribution in [0.2, 0.25) is 0 Å². The first-order chi connectivity index (χ1) is 14.5. The van der Waals surface area contributed by atoms with Crippen LogP contribution < -0.4 is 10.6 Å². The van der Waals surface area contributed by atoms with Gasteiger partial charge in [-0.2, -0.15) is 0 Å². The van der Waals surface area contributed by atoms with E-state index in [9.17, 15) is 14.8 Å². The molecule has 3 atom stereocenters. The van der Waals surface area contributed by atoms with Gasteiger partial charge >= 0.3 is 0 Å². The predicted octanol–water partition coefficient (Wildman–Crippen LogP) is 2.44. The van der Waals surface area contributed by atoms with E-state index >= 15 is 0 Å². The minimum absolute atomic E-state index is 0.0237. The van der Waals surface area contributed by atoms with Gasteiger partial charge in [-0.3, -0.25) is 14.5 Å². The van der Waals surface area contributed by atoms with Crippen molar-refractivity contribution < 1.29 is 14.2 Å². The number of nitrogens with one attached hydrogen (secondary N) is 2. The molecule has 2 heterocycles. The zero-order valence-corrected chi connectivity index (χ0v) is 18.4. The molecule has 7 nitrogen and oxygen atoms in total. The van der Waals surface area contributed by atoms with E-state index < -0.39 is 6.04 Å². The van der Waals surface area contributed by atoms with Gasteiger partial charge in [0.2, 0.25) is 5.91 Å². The number of hydrogen-bond acceptors (Lipinski definition) is 4. The summed E-state index contributed by atoms with van der Waals surface area (Å²) < 4.78 is -0.370. The number of likely N-dealkylation sites (tertiary alicyclic amines) is 2. The highest BCUT2D eigenvalue weighted by Gasteiger charge is 2.41. The normalized spacial score (nSPS) is 33.4. The Hall–Kier alpha value is -1.18. The molecule has 2 aliphatic carbocycles. The van der Waals surface area contributed by atoms with Gasteiger partial charge in [-0.25, -0.2) is 0 Å². The molecule has 2 aliphatic heterocycles. The number of nitrogens with zero attached hydrogens (tertiary/aromatic N) is 2. The van der Waals surface area contributed by atoms with Gasteiger partial charge in [0.25, 0.3) is 5.91 Å². The molecule has 7 heteroatoms. The van der Waals surface area contributed by atoms with Gasteiger partial charge in [0.15, 0.2) is 6.04 Å². The molecular formula is C23H40N4O3. The fourth-order valence-electron chi connectivity index (χ4n) is 6.22. The smallest absolute Gasteiger partial charge is 0.278 e. The Bertz CT molecular complexity index is 603. The average Bonchev–Trinajstić information content (AvgIpc) is 3.50. The van der Waals surface area contributed by atoms with Crippen LogP contribution in [0.15, 0.2) is 0 Å². The summed E-state index contributed by atoms with van der Waals surface area (Å²) >= 11 is 0. The number of rotatable bonds is 8. The van der Waals surface area contributed by atoms with Gasteiger partial charge in [0, 0.05) is 37.9 Å². The molecule has 4 rings (SSSR count). The Morgan fingerprint density at radius 2 is 1.47 bits per heavy atom. The summed E-state index contributed by atoms with van der Waals surface area (Å²) in [4.78, 5) is 27.7. The molecule has 0 aromatic heterocycles. The van der Waals surface area contributed by atoms with Crippen molar-refractivity contribution in [1.29, 1.82) is 0 Å². The lowest BCUT2D eigenvalue weighted by Gasteiger charge is -2.44. The molecule has 30 heavy (non-hydrogen) atoms. The van der Waals surface area contributed by atoms with Crippen LogP contribution in [0.4, 0.5) is 0 Å². The first-order valence-electron chi connectivity index (χ1n) is 12.5. The van der Waals surface area contributed by atoms with E-state index in [1.54, 1.807) is 0 Å². The number of amides is 2. The minimum Gasteiger partial charge on any atom is -0.632 e. The molecule has 0 bridgehead atoms. The molecule has 0 aromatic carbocycles. The van der Waals surface area contributed by atoms with E-state index in [1.165, 1.54) is 25.7 Å². The molecule has 2 saturated heterocycles. The Balaban J connectivity index is 1.24. The summed E-state index contributed by atoms with van der Waals surface area (Å²) in [5, 5.41) is 19.8. The second kappa shape index (κ2) is 9.96. The van der Waals surface area contributed by atoms with Crippen LogP contribution in [0.3, 0.4) is 0 Å². The number of quaternary nitrogens is 1. The average molecular weight is 421 g/mol. The molecule has 1 unspecified atom stereocenters. The fraction of sp³-hybridized carbons (Fsp3) is 0.913. The first kappa shape index (κ1) is 22.0. The van der Waals surface area contributed by atoms with Crippen molar-refractivity contribution in [2.24, 2.45) is 0 Å². The van der Waals surface area contributed by atoms with Crippen LogP contribution in [0.25, 0.3) is 0 Å². The highest BCUT2D eigenvalue weighted by Crippen LogP contribution is 2.28. The maximum atomic E-state index is 13.4. The number of carbonyl (C=O) groups excluding carboxylic acids is 2. The SMILES string of the molecule is O=C(NC1CCCC1)[C@@H]1CCCN1CCC[N+]1([O-])CCC[C@H]1C(=O)NC1CCCC1. The third-order valence-electron chi connectivity index (χ3n) is 7.94. The highest BCUT2D eigenvalue weighted by molar-refractivity contribution is 5.82. The van der Waals surface area contributed by atoms with Crippen LogP contribution in [0.1, 0.15) is 83.5 Å². The van der Waals surface area contributed by atoms with Crippen molar-refractivity contribution in [3.8, 4) is 0 Å². The molecule has 2 saturated carbocycles. The molecule has 0 spiro atoms. The Labute approximate surface area is 181 Å². The monoisotopic (exact) mass is 420 g/mol. The molecule has 4 aliphatic rings. The van der Waals surface area contributed by atoms with Crippen LogP contribution in [0, 0.1) is 5.21 Å². The Kier molecular flexibility index (Phi) is 7.32. The summed E-state index contributed by atoms with van der Waals surface area (Å²) in [6.07, 6.45) is 13.4. The van der Waals surface area contributed by atoms with Gasteiger partial charge in [-0.15, -0.1) is 0 Å². The topological polar surface area (TPSA) is 84.5 Å². The lowest BCUT2D eigenvalue weighted by Crippen LogP contribution is -2.56. The van der Waals surface area contributed by atoms with Crippen molar-refractivity contribution >= 4 is 11.8 Å². The second-order valence-corrected chi connectivity index (χ2v) is 10.1.